The third kappa shape index (κ3) is 5.52. The number of nitrogens with one attached hydrogen (secondary N) is 1. The van der Waals surface area contributed by atoms with E-state index in [9.17, 15) is 14.7 Å². The molecule has 39 heavy (non-hydrogen) atoms. The minimum absolute atomic E-state index is 0.0989. The molecule has 0 radical (unpaired) electrons. The van der Waals surface area contributed by atoms with Crippen molar-refractivity contribution in [2.75, 3.05) is 0 Å². The molecule has 2 aromatic heterocycles. The summed E-state index contributed by atoms with van der Waals surface area (Å²) >= 11 is 0. The molecule has 0 saturated heterocycles. The molecule has 2 N–H and O–H groups in total. The van der Waals surface area contributed by atoms with E-state index in [1.54, 1.807) is 22.8 Å². The first-order valence-corrected chi connectivity index (χ1v) is 12.8. The molecule has 0 aliphatic heterocycles. The second-order valence-corrected chi connectivity index (χ2v) is 9.39. The molecule has 0 aliphatic carbocycles. The molecule has 2 heterocycles. The Morgan fingerprint density at radius 1 is 0.974 bits per heavy atom. The second-order valence-electron chi connectivity index (χ2n) is 9.39. The number of hydrogen-bond donors (Lipinski definition) is 2. The van der Waals surface area contributed by atoms with Gasteiger partial charge >= 0.3 is 5.97 Å². The molecule has 0 spiro atoms. The quantitative estimate of drug-likeness (QED) is 0.289. The van der Waals surface area contributed by atoms with Crippen molar-refractivity contribution >= 4 is 5.97 Å². The topological polar surface area (TPSA) is 127 Å². The number of aromatic amines is 1. The third-order valence-corrected chi connectivity index (χ3v) is 6.70. The number of carboxylic acid groups (broad SMARTS) is 1. The van der Waals surface area contributed by atoms with Crippen LogP contribution in [0.2, 0.25) is 0 Å². The van der Waals surface area contributed by atoms with Crippen molar-refractivity contribution in [1.29, 1.82) is 0 Å². The number of aryl methyl sites for hydroxylation is 2. The van der Waals surface area contributed by atoms with E-state index in [1.807, 2.05) is 61.5 Å². The fourth-order valence-electron chi connectivity index (χ4n) is 4.76. The Balaban J connectivity index is 1.46. The lowest BCUT2D eigenvalue weighted by atomic mass is 9.98. The van der Waals surface area contributed by atoms with E-state index in [2.05, 4.69) is 27.5 Å². The van der Waals surface area contributed by atoms with Crippen LogP contribution in [-0.2, 0) is 19.4 Å². The molecule has 0 amide bonds. The van der Waals surface area contributed by atoms with Crippen LogP contribution in [0.3, 0.4) is 0 Å². The monoisotopic (exact) mass is 520 g/mol. The van der Waals surface area contributed by atoms with Crippen molar-refractivity contribution in [3.8, 4) is 22.5 Å². The highest BCUT2D eigenvalue weighted by Gasteiger charge is 2.17. The highest BCUT2D eigenvalue weighted by molar-refractivity contribution is 5.87. The number of benzene rings is 3. The number of carbonyl (C=O) groups is 1. The van der Waals surface area contributed by atoms with Gasteiger partial charge in [0, 0.05) is 17.5 Å². The molecule has 196 valence electrons. The average Bonchev–Trinajstić information content (AvgIpc) is 3.49. The number of carboxylic acids is 1. The molecule has 9 heteroatoms. The maximum absolute atomic E-state index is 13.8. The summed E-state index contributed by atoms with van der Waals surface area (Å²) in [6.07, 6.45) is 1.86. The van der Waals surface area contributed by atoms with Gasteiger partial charge in [-0.25, -0.2) is 9.78 Å². The standard InChI is InChI=1S/C30H28N6O3/c1-3-7-27-26(17-21-8-6-9-23(16-21)30(38)39)29(37)36(19(2)31-27)18-20-12-14-22(15-13-20)24-10-4-5-11-25(24)28-32-34-35-33-28/h4-6,8-16H,3,7,17-18H2,1-2H3,(H,38,39)(H,32,33,34,35). The molecular formula is C30H28N6O3. The zero-order chi connectivity index (χ0) is 27.4. The van der Waals surface area contributed by atoms with Crippen LogP contribution in [0.15, 0.2) is 77.6 Å². The number of aromatic nitrogens is 6. The first kappa shape index (κ1) is 25.7. The van der Waals surface area contributed by atoms with Crippen LogP contribution in [0, 0.1) is 6.92 Å². The van der Waals surface area contributed by atoms with Gasteiger partial charge in [-0.15, -0.1) is 10.2 Å². The number of rotatable bonds is 9. The van der Waals surface area contributed by atoms with Crippen molar-refractivity contribution in [3.05, 3.63) is 117 Å². The van der Waals surface area contributed by atoms with Gasteiger partial charge in [-0.05, 0) is 52.9 Å². The van der Waals surface area contributed by atoms with Gasteiger partial charge in [0.15, 0.2) is 0 Å². The summed E-state index contributed by atoms with van der Waals surface area (Å²) in [6, 6.07) is 22.6. The van der Waals surface area contributed by atoms with Crippen LogP contribution in [0.1, 0.15) is 51.9 Å². The van der Waals surface area contributed by atoms with E-state index in [-0.39, 0.29) is 11.1 Å². The maximum Gasteiger partial charge on any atom is 0.335 e. The lowest BCUT2D eigenvalue weighted by Crippen LogP contribution is -2.30. The van der Waals surface area contributed by atoms with Crippen molar-refractivity contribution in [2.24, 2.45) is 0 Å². The van der Waals surface area contributed by atoms with Crippen LogP contribution in [0.5, 0.6) is 0 Å². The van der Waals surface area contributed by atoms with Crippen molar-refractivity contribution < 1.29 is 9.90 Å². The fourth-order valence-corrected chi connectivity index (χ4v) is 4.76. The summed E-state index contributed by atoms with van der Waals surface area (Å²) in [5.74, 6) is 0.183. The summed E-state index contributed by atoms with van der Waals surface area (Å²) < 4.78 is 1.69. The molecule has 9 nitrogen and oxygen atoms in total. The van der Waals surface area contributed by atoms with E-state index < -0.39 is 5.97 Å². The molecule has 3 aromatic carbocycles. The van der Waals surface area contributed by atoms with E-state index in [0.717, 1.165) is 39.9 Å². The first-order valence-electron chi connectivity index (χ1n) is 12.8. The van der Waals surface area contributed by atoms with E-state index >= 15 is 0 Å². The highest BCUT2D eigenvalue weighted by Crippen LogP contribution is 2.29. The number of nitrogens with zero attached hydrogens (tertiary/aromatic N) is 5. The maximum atomic E-state index is 13.8. The predicted octanol–water partition coefficient (Wildman–Crippen LogP) is 4.69. The van der Waals surface area contributed by atoms with Crippen molar-refractivity contribution in [3.63, 3.8) is 0 Å². The molecule has 0 atom stereocenters. The highest BCUT2D eigenvalue weighted by atomic mass is 16.4. The molecule has 0 bridgehead atoms. The summed E-state index contributed by atoms with van der Waals surface area (Å²) in [6.45, 7) is 4.28. The Morgan fingerprint density at radius 2 is 1.74 bits per heavy atom. The summed E-state index contributed by atoms with van der Waals surface area (Å²) in [7, 11) is 0. The van der Waals surface area contributed by atoms with Crippen LogP contribution in [0.25, 0.3) is 22.5 Å². The SMILES string of the molecule is CCCc1nc(C)n(Cc2ccc(-c3ccccc3-c3nn[nH]n3)cc2)c(=O)c1Cc1cccc(C(=O)O)c1. The average molecular weight is 521 g/mol. The Kier molecular flexibility index (Phi) is 7.40. The molecule has 0 unspecified atom stereocenters. The van der Waals surface area contributed by atoms with Gasteiger partial charge in [0.25, 0.3) is 5.56 Å². The zero-order valence-corrected chi connectivity index (χ0v) is 21.8. The second kappa shape index (κ2) is 11.2. The molecule has 0 aliphatic rings. The van der Waals surface area contributed by atoms with Gasteiger partial charge in [-0.1, -0.05) is 74.0 Å². The van der Waals surface area contributed by atoms with Crippen LogP contribution in [0.4, 0.5) is 0 Å². The lowest BCUT2D eigenvalue weighted by molar-refractivity contribution is 0.0696. The number of hydrogen-bond acceptors (Lipinski definition) is 6. The fraction of sp³-hybridized carbons (Fsp3) is 0.200. The van der Waals surface area contributed by atoms with E-state index in [4.69, 9.17) is 4.98 Å². The summed E-state index contributed by atoms with van der Waals surface area (Å²) in [5, 5.41) is 23.8. The molecule has 0 fully saturated rings. The number of H-pyrrole nitrogens is 1. The Bertz CT molecular complexity index is 1670. The zero-order valence-electron chi connectivity index (χ0n) is 21.8. The smallest absolute Gasteiger partial charge is 0.335 e. The van der Waals surface area contributed by atoms with Gasteiger partial charge in [-0.3, -0.25) is 9.36 Å². The van der Waals surface area contributed by atoms with Crippen LogP contribution >= 0.6 is 0 Å². The molecule has 0 saturated carbocycles. The van der Waals surface area contributed by atoms with E-state index in [0.29, 0.717) is 36.6 Å². The third-order valence-electron chi connectivity index (χ3n) is 6.70. The van der Waals surface area contributed by atoms with Crippen LogP contribution in [-0.4, -0.2) is 41.3 Å². The largest absolute Gasteiger partial charge is 0.478 e. The lowest BCUT2D eigenvalue weighted by Gasteiger charge is -2.16. The van der Waals surface area contributed by atoms with Crippen LogP contribution < -0.4 is 5.56 Å². The predicted molar refractivity (Wildman–Crippen MR) is 148 cm³/mol. The Hall–Kier alpha value is -4.92. The summed E-state index contributed by atoms with van der Waals surface area (Å²) in [4.78, 5) is 30.0. The Labute approximate surface area is 225 Å². The molecular weight excluding hydrogens is 492 g/mol. The molecule has 5 rings (SSSR count). The summed E-state index contributed by atoms with van der Waals surface area (Å²) in [5.41, 5.74) is 6.06. The van der Waals surface area contributed by atoms with Crippen molar-refractivity contribution in [2.45, 2.75) is 39.7 Å². The number of tetrazole rings is 1. The number of aromatic carboxylic acids is 1. The normalized spacial score (nSPS) is 11.0. The minimum Gasteiger partial charge on any atom is -0.478 e. The van der Waals surface area contributed by atoms with Gasteiger partial charge < -0.3 is 5.11 Å². The first-order chi connectivity index (χ1) is 18.9. The van der Waals surface area contributed by atoms with Gasteiger partial charge in [-0.2, -0.15) is 5.21 Å². The van der Waals surface area contributed by atoms with Gasteiger partial charge in [0.05, 0.1) is 17.8 Å². The minimum atomic E-state index is -0.992. The van der Waals surface area contributed by atoms with Gasteiger partial charge in [0.2, 0.25) is 5.82 Å². The van der Waals surface area contributed by atoms with E-state index in [1.165, 1.54) is 0 Å². The molecule has 5 aromatic rings. The van der Waals surface area contributed by atoms with Crippen molar-refractivity contribution in [1.82, 2.24) is 30.2 Å². The van der Waals surface area contributed by atoms with Gasteiger partial charge in [0.1, 0.15) is 5.82 Å². The Morgan fingerprint density at radius 3 is 2.44 bits per heavy atom.